The maximum absolute atomic E-state index is 12.7. The second kappa shape index (κ2) is 8.65. The fourth-order valence-corrected chi connectivity index (χ4v) is 4.12. The van der Waals surface area contributed by atoms with Crippen LogP contribution in [0.25, 0.3) is 0 Å². The van der Waals surface area contributed by atoms with E-state index in [2.05, 4.69) is 26.6 Å². The van der Waals surface area contributed by atoms with Crippen molar-refractivity contribution in [1.82, 2.24) is 5.32 Å². The van der Waals surface area contributed by atoms with Gasteiger partial charge < -0.3 is 20.1 Å². The summed E-state index contributed by atoms with van der Waals surface area (Å²) in [6.45, 7) is 7.26. The number of nitrogens with zero attached hydrogens (tertiary/aromatic N) is 1. The van der Waals surface area contributed by atoms with Gasteiger partial charge in [0.15, 0.2) is 5.06 Å². The van der Waals surface area contributed by atoms with E-state index in [0.29, 0.717) is 17.4 Å². The number of hydrogen-bond acceptors (Lipinski definition) is 6. The van der Waals surface area contributed by atoms with Crippen molar-refractivity contribution in [2.24, 2.45) is 0 Å². The fraction of sp³-hybridized carbons (Fsp3) is 0.350. The van der Waals surface area contributed by atoms with Crippen LogP contribution in [0.1, 0.15) is 26.3 Å². The first-order chi connectivity index (χ1) is 14.1. The van der Waals surface area contributed by atoms with Crippen molar-refractivity contribution in [2.45, 2.75) is 39.3 Å². The predicted molar refractivity (Wildman–Crippen MR) is 118 cm³/mol. The van der Waals surface area contributed by atoms with Crippen LogP contribution in [0.5, 0.6) is 5.06 Å². The number of aryl methyl sites for hydroxylation is 1. The molecule has 0 aliphatic carbocycles. The number of anilines is 2. The molecule has 10 heteroatoms. The number of carbonyl (C=O) groups is 3. The minimum atomic E-state index is -1.22. The molecule has 1 aromatic carbocycles. The van der Waals surface area contributed by atoms with E-state index in [4.69, 9.17) is 9.47 Å². The summed E-state index contributed by atoms with van der Waals surface area (Å²) < 4.78 is 11.1. The van der Waals surface area contributed by atoms with Gasteiger partial charge in [0.05, 0.1) is 15.5 Å². The SMILES string of the molecule is Cc1cc(NC(=O)C(C)(C)NC(=O)Oc2ccc(Br)s2)ccc1N1C(=O)OC[C@H]1C. The maximum atomic E-state index is 12.7. The molecule has 1 fully saturated rings. The van der Waals surface area contributed by atoms with Crippen LogP contribution < -0.4 is 20.3 Å². The molecule has 0 saturated carbocycles. The Bertz CT molecular complexity index is 991. The molecule has 1 saturated heterocycles. The molecule has 2 aromatic rings. The molecule has 3 rings (SSSR count). The summed E-state index contributed by atoms with van der Waals surface area (Å²) >= 11 is 4.56. The normalized spacial score (nSPS) is 16.2. The zero-order chi connectivity index (χ0) is 22.1. The smallest absolute Gasteiger partial charge is 0.414 e. The number of thiophene rings is 1. The van der Waals surface area contributed by atoms with Gasteiger partial charge >= 0.3 is 12.2 Å². The predicted octanol–water partition coefficient (Wildman–Crippen LogP) is 4.67. The van der Waals surface area contributed by atoms with Crippen LogP contribution in [-0.2, 0) is 9.53 Å². The molecule has 0 bridgehead atoms. The number of benzene rings is 1. The van der Waals surface area contributed by atoms with Gasteiger partial charge in [0.2, 0.25) is 5.91 Å². The molecule has 2 heterocycles. The highest BCUT2D eigenvalue weighted by molar-refractivity contribution is 9.11. The quantitative estimate of drug-likeness (QED) is 0.627. The average Bonchev–Trinajstić information content (AvgIpc) is 3.20. The minimum absolute atomic E-state index is 0.0604. The summed E-state index contributed by atoms with van der Waals surface area (Å²) in [6, 6.07) is 8.59. The van der Waals surface area contributed by atoms with E-state index in [9.17, 15) is 14.4 Å². The summed E-state index contributed by atoms with van der Waals surface area (Å²) in [4.78, 5) is 38.4. The van der Waals surface area contributed by atoms with Gasteiger partial charge in [-0.05, 0) is 79.5 Å². The first kappa shape index (κ1) is 22.1. The summed E-state index contributed by atoms with van der Waals surface area (Å²) in [5.74, 6) is -0.409. The summed E-state index contributed by atoms with van der Waals surface area (Å²) in [7, 11) is 0. The number of carbonyl (C=O) groups excluding carboxylic acids is 3. The number of cyclic esters (lactones) is 1. The second-order valence-electron chi connectivity index (χ2n) is 7.45. The third-order valence-corrected chi connectivity index (χ3v) is 6.03. The molecule has 8 nitrogen and oxygen atoms in total. The van der Waals surface area contributed by atoms with Gasteiger partial charge in [-0.3, -0.25) is 9.69 Å². The molecular weight excluding hydrogens is 474 g/mol. The van der Waals surface area contributed by atoms with Gasteiger partial charge in [0.1, 0.15) is 12.1 Å². The number of ether oxygens (including phenoxy) is 2. The Morgan fingerprint density at radius 1 is 1.30 bits per heavy atom. The third kappa shape index (κ3) is 4.93. The van der Waals surface area contributed by atoms with Crippen molar-refractivity contribution in [3.8, 4) is 5.06 Å². The van der Waals surface area contributed by atoms with Crippen molar-refractivity contribution >= 4 is 56.7 Å². The summed E-state index contributed by atoms with van der Waals surface area (Å²) in [5, 5.41) is 5.77. The van der Waals surface area contributed by atoms with E-state index in [1.54, 1.807) is 49.1 Å². The van der Waals surface area contributed by atoms with Gasteiger partial charge in [-0.25, -0.2) is 9.59 Å². The van der Waals surface area contributed by atoms with Crippen molar-refractivity contribution in [1.29, 1.82) is 0 Å². The van der Waals surface area contributed by atoms with Crippen molar-refractivity contribution in [2.75, 3.05) is 16.8 Å². The first-order valence-corrected chi connectivity index (χ1v) is 10.8. The topological polar surface area (TPSA) is 97.0 Å². The lowest BCUT2D eigenvalue weighted by Gasteiger charge is -2.25. The van der Waals surface area contributed by atoms with Crippen LogP contribution in [0.3, 0.4) is 0 Å². The molecule has 0 spiro atoms. The molecule has 1 aliphatic heterocycles. The Morgan fingerprint density at radius 3 is 2.60 bits per heavy atom. The Labute approximate surface area is 186 Å². The fourth-order valence-electron chi connectivity index (χ4n) is 2.92. The molecular formula is C20H22BrN3O5S. The van der Waals surface area contributed by atoms with E-state index >= 15 is 0 Å². The number of halogens is 1. The minimum Gasteiger partial charge on any atom is -0.447 e. The lowest BCUT2D eigenvalue weighted by molar-refractivity contribution is -0.121. The molecule has 0 radical (unpaired) electrons. The first-order valence-electron chi connectivity index (χ1n) is 9.20. The van der Waals surface area contributed by atoms with Crippen LogP contribution in [0.15, 0.2) is 34.1 Å². The zero-order valence-corrected chi connectivity index (χ0v) is 19.3. The molecule has 1 aromatic heterocycles. The Balaban J connectivity index is 1.64. The van der Waals surface area contributed by atoms with E-state index < -0.39 is 17.5 Å². The van der Waals surface area contributed by atoms with Crippen molar-refractivity contribution in [3.63, 3.8) is 0 Å². The van der Waals surface area contributed by atoms with Gasteiger partial charge in [-0.1, -0.05) is 11.3 Å². The van der Waals surface area contributed by atoms with E-state index in [1.807, 2.05) is 13.8 Å². The molecule has 160 valence electrons. The lowest BCUT2D eigenvalue weighted by Crippen LogP contribution is -2.53. The number of nitrogens with one attached hydrogen (secondary N) is 2. The number of hydrogen-bond donors (Lipinski definition) is 2. The largest absolute Gasteiger partial charge is 0.447 e. The molecule has 1 aliphatic rings. The van der Waals surface area contributed by atoms with Crippen LogP contribution >= 0.6 is 27.3 Å². The second-order valence-corrected chi connectivity index (χ2v) is 9.87. The van der Waals surface area contributed by atoms with Gasteiger partial charge in [-0.15, -0.1) is 0 Å². The van der Waals surface area contributed by atoms with E-state index in [1.165, 1.54) is 11.3 Å². The molecule has 2 N–H and O–H groups in total. The van der Waals surface area contributed by atoms with Gasteiger partial charge in [0, 0.05) is 5.69 Å². The molecule has 0 unspecified atom stereocenters. The number of rotatable bonds is 5. The Hall–Kier alpha value is -2.59. The molecule has 3 amide bonds. The van der Waals surface area contributed by atoms with Crippen molar-refractivity contribution < 1.29 is 23.9 Å². The zero-order valence-electron chi connectivity index (χ0n) is 16.9. The summed E-state index contributed by atoms with van der Waals surface area (Å²) in [6.07, 6.45) is -1.11. The standard InChI is InChI=1S/C20H22BrN3O5S/c1-11-9-13(5-6-14(11)24-12(2)10-28-19(24)27)22-17(25)20(3,4)23-18(26)29-16-8-7-15(21)30-16/h5-9,12H,10H2,1-4H3,(H,22,25)(H,23,26)/t12-/m1/s1. The van der Waals surface area contributed by atoms with Crippen LogP contribution in [0.2, 0.25) is 0 Å². The lowest BCUT2D eigenvalue weighted by atomic mass is 10.0. The Kier molecular flexibility index (Phi) is 6.37. The van der Waals surface area contributed by atoms with Gasteiger partial charge in [0.25, 0.3) is 0 Å². The highest BCUT2D eigenvalue weighted by Crippen LogP contribution is 2.30. The van der Waals surface area contributed by atoms with E-state index in [0.717, 1.165) is 15.0 Å². The van der Waals surface area contributed by atoms with Crippen LogP contribution in [-0.4, -0.2) is 36.3 Å². The average molecular weight is 496 g/mol. The molecule has 30 heavy (non-hydrogen) atoms. The van der Waals surface area contributed by atoms with Crippen LogP contribution in [0, 0.1) is 6.92 Å². The summed E-state index contributed by atoms with van der Waals surface area (Å²) in [5.41, 5.74) is 0.871. The number of amides is 3. The molecule has 1 atom stereocenters. The van der Waals surface area contributed by atoms with Gasteiger partial charge in [-0.2, -0.15) is 0 Å². The van der Waals surface area contributed by atoms with Crippen LogP contribution in [0.4, 0.5) is 21.0 Å². The Morgan fingerprint density at radius 2 is 2.03 bits per heavy atom. The van der Waals surface area contributed by atoms with E-state index in [-0.39, 0.29) is 12.1 Å². The third-order valence-electron chi connectivity index (χ3n) is 4.52. The maximum Gasteiger partial charge on any atom is 0.414 e. The van der Waals surface area contributed by atoms with Crippen molar-refractivity contribution in [3.05, 3.63) is 39.7 Å². The highest BCUT2D eigenvalue weighted by atomic mass is 79.9. The monoisotopic (exact) mass is 495 g/mol. The highest BCUT2D eigenvalue weighted by Gasteiger charge is 2.33.